The number of benzene rings is 2. The highest BCUT2D eigenvalue weighted by atomic mass is 35.5. The largest absolute Gasteiger partial charge is 0.437 e. The zero-order chi connectivity index (χ0) is 17.4. The van der Waals surface area contributed by atoms with Crippen LogP contribution in [-0.4, -0.2) is 19.7 Å². The normalized spacial score (nSPS) is 11.0. The lowest BCUT2D eigenvalue weighted by molar-refractivity contribution is 0.467. The Kier molecular flexibility index (Phi) is 3.86. The molecule has 6 heteroatoms. The van der Waals surface area contributed by atoms with E-state index in [4.69, 9.17) is 16.3 Å². The monoisotopic (exact) mass is 350 g/mol. The Morgan fingerprint density at radius 1 is 1.00 bits per heavy atom. The van der Waals surface area contributed by atoms with Crippen LogP contribution in [0.15, 0.2) is 54.7 Å². The van der Waals surface area contributed by atoms with E-state index in [0.717, 1.165) is 22.2 Å². The molecule has 5 nitrogen and oxygen atoms in total. The van der Waals surface area contributed by atoms with Gasteiger partial charge in [0, 0.05) is 7.05 Å². The van der Waals surface area contributed by atoms with E-state index in [1.54, 1.807) is 10.9 Å². The van der Waals surface area contributed by atoms with Gasteiger partial charge in [0.05, 0.1) is 11.2 Å². The smallest absolute Gasteiger partial charge is 0.233 e. The molecule has 0 fully saturated rings. The van der Waals surface area contributed by atoms with Gasteiger partial charge in [0.2, 0.25) is 5.88 Å². The molecule has 0 amide bonds. The molecule has 25 heavy (non-hydrogen) atoms. The summed E-state index contributed by atoms with van der Waals surface area (Å²) < 4.78 is 7.66. The zero-order valence-corrected chi connectivity index (χ0v) is 14.5. The van der Waals surface area contributed by atoms with E-state index >= 15 is 0 Å². The Bertz CT molecular complexity index is 1060. The summed E-state index contributed by atoms with van der Waals surface area (Å²) in [6, 6.07) is 15.8. The van der Waals surface area contributed by atoms with Crippen LogP contribution >= 0.6 is 11.6 Å². The first-order chi connectivity index (χ1) is 12.1. The van der Waals surface area contributed by atoms with Crippen LogP contribution in [0.3, 0.4) is 0 Å². The van der Waals surface area contributed by atoms with Crippen molar-refractivity contribution in [2.75, 3.05) is 0 Å². The Morgan fingerprint density at radius 2 is 1.80 bits per heavy atom. The van der Waals surface area contributed by atoms with Crippen molar-refractivity contribution in [2.45, 2.75) is 6.92 Å². The van der Waals surface area contributed by atoms with Gasteiger partial charge >= 0.3 is 0 Å². The molecule has 0 aliphatic rings. The third-order valence-electron chi connectivity index (χ3n) is 3.91. The third kappa shape index (κ3) is 2.94. The molecule has 2 aromatic carbocycles. The molecule has 2 heterocycles. The minimum Gasteiger partial charge on any atom is -0.437 e. The molecule has 0 spiro atoms. The Labute approximate surface area is 149 Å². The van der Waals surface area contributed by atoms with E-state index in [9.17, 15) is 0 Å². The van der Waals surface area contributed by atoms with Crippen molar-refractivity contribution in [2.24, 2.45) is 7.05 Å². The molecule has 0 aliphatic heterocycles. The molecule has 2 aromatic heterocycles. The molecule has 0 radical (unpaired) electrons. The summed E-state index contributed by atoms with van der Waals surface area (Å²) in [6.07, 6.45) is 1.69. The van der Waals surface area contributed by atoms with E-state index in [2.05, 4.69) is 15.1 Å². The average molecular weight is 351 g/mol. The first-order valence-electron chi connectivity index (χ1n) is 7.81. The number of rotatable bonds is 3. The number of hydrogen-bond donors (Lipinski definition) is 0. The van der Waals surface area contributed by atoms with Gasteiger partial charge in [-0.15, -0.1) is 0 Å². The fourth-order valence-electron chi connectivity index (χ4n) is 2.68. The van der Waals surface area contributed by atoms with Crippen LogP contribution in [0.4, 0.5) is 0 Å². The number of fused-ring (bicyclic) bond motifs is 1. The van der Waals surface area contributed by atoms with Gasteiger partial charge in [0.25, 0.3) is 0 Å². The van der Waals surface area contributed by atoms with Gasteiger partial charge in [-0.3, -0.25) is 4.68 Å². The molecule has 0 aliphatic carbocycles. The number of hydrogen-bond acceptors (Lipinski definition) is 4. The van der Waals surface area contributed by atoms with Crippen molar-refractivity contribution in [3.8, 4) is 22.8 Å². The number of halogens is 1. The number of aromatic nitrogens is 4. The van der Waals surface area contributed by atoms with Crippen LogP contribution in [0.2, 0.25) is 5.02 Å². The maximum Gasteiger partial charge on any atom is 0.233 e. The van der Waals surface area contributed by atoms with Gasteiger partial charge in [-0.1, -0.05) is 48.0 Å². The SMILES string of the molecule is Cc1nc(Oc2ccc(-c3ccccc3)cc2Cl)c2cnn(C)c2n1. The molecule has 0 saturated carbocycles. The van der Waals surface area contributed by atoms with Crippen LogP contribution in [0, 0.1) is 6.92 Å². The van der Waals surface area contributed by atoms with Crippen molar-refractivity contribution >= 4 is 22.6 Å². The highest BCUT2D eigenvalue weighted by Gasteiger charge is 2.14. The molecule has 0 N–H and O–H groups in total. The third-order valence-corrected chi connectivity index (χ3v) is 4.21. The highest BCUT2D eigenvalue weighted by Crippen LogP contribution is 2.34. The minimum absolute atomic E-state index is 0.449. The molecular formula is C19H15ClN4O. The second-order valence-corrected chi connectivity index (χ2v) is 6.10. The average Bonchev–Trinajstić information content (AvgIpc) is 2.98. The summed E-state index contributed by atoms with van der Waals surface area (Å²) >= 11 is 6.44. The summed E-state index contributed by atoms with van der Waals surface area (Å²) in [5.74, 6) is 1.61. The number of aryl methyl sites for hydroxylation is 2. The quantitative estimate of drug-likeness (QED) is 0.533. The predicted molar refractivity (Wildman–Crippen MR) is 98.0 cm³/mol. The van der Waals surface area contributed by atoms with Crippen molar-refractivity contribution in [1.29, 1.82) is 0 Å². The summed E-state index contributed by atoms with van der Waals surface area (Å²) in [4.78, 5) is 8.78. The first-order valence-corrected chi connectivity index (χ1v) is 8.19. The zero-order valence-electron chi connectivity index (χ0n) is 13.8. The van der Waals surface area contributed by atoms with Crippen LogP contribution in [0.1, 0.15) is 5.82 Å². The minimum atomic E-state index is 0.449. The lowest BCUT2D eigenvalue weighted by Gasteiger charge is -2.10. The Balaban J connectivity index is 1.72. The van der Waals surface area contributed by atoms with Crippen molar-refractivity contribution in [3.63, 3.8) is 0 Å². The van der Waals surface area contributed by atoms with Gasteiger partial charge in [-0.2, -0.15) is 10.1 Å². The number of nitrogens with zero attached hydrogens (tertiary/aromatic N) is 4. The van der Waals surface area contributed by atoms with Crippen LogP contribution in [0.5, 0.6) is 11.6 Å². The van der Waals surface area contributed by atoms with Gasteiger partial charge in [-0.05, 0) is 30.2 Å². The molecule has 4 aromatic rings. The van der Waals surface area contributed by atoms with Gasteiger partial charge in [0.1, 0.15) is 17.0 Å². The predicted octanol–water partition coefficient (Wildman–Crippen LogP) is 4.78. The number of ether oxygens (including phenoxy) is 1. The summed E-state index contributed by atoms with van der Waals surface area (Å²) in [5.41, 5.74) is 2.85. The molecule has 4 rings (SSSR count). The molecule has 0 saturated heterocycles. The van der Waals surface area contributed by atoms with Gasteiger partial charge in [0.15, 0.2) is 5.65 Å². The van der Waals surface area contributed by atoms with E-state index in [0.29, 0.717) is 22.5 Å². The van der Waals surface area contributed by atoms with Gasteiger partial charge < -0.3 is 4.74 Å². The fourth-order valence-corrected chi connectivity index (χ4v) is 2.89. The molecule has 124 valence electrons. The molecule has 0 bridgehead atoms. The van der Waals surface area contributed by atoms with Crippen LogP contribution in [-0.2, 0) is 7.05 Å². The maximum atomic E-state index is 6.44. The van der Waals surface area contributed by atoms with E-state index in [-0.39, 0.29) is 0 Å². The molecular weight excluding hydrogens is 336 g/mol. The van der Waals surface area contributed by atoms with Crippen LogP contribution < -0.4 is 4.74 Å². The first kappa shape index (κ1) is 15.6. The van der Waals surface area contributed by atoms with Crippen molar-refractivity contribution in [1.82, 2.24) is 19.7 Å². The lowest BCUT2D eigenvalue weighted by Crippen LogP contribution is -1.98. The van der Waals surface area contributed by atoms with E-state index in [1.807, 2.05) is 62.5 Å². The lowest BCUT2D eigenvalue weighted by atomic mass is 10.1. The summed E-state index contributed by atoms with van der Waals surface area (Å²) in [7, 11) is 1.83. The van der Waals surface area contributed by atoms with E-state index in [1.165, 1.54) is 0 Å². The molecule has 0 unspecified atom stereocenters. The second-order valence-electron chi connectivity index (χ2n) is 5.69. The van der Waals surface area contributed by atoms with Crippen molar-refractivity contribution in [3.05, 3.63) is 65.6 Å². The summed E-state index contributed by atoms with van der Waals surface area (Å²) in [5, 5.41) is 5.49. The van der Waals surface area contributed by atoms with Crippen LogP contribution in [0.25, 0.3) is 22.2 Å². The second kappa shape index (κ2) is 6.18. The fraction of sp³-hybridized carbons (Fsp3) is 0.105. The summed E-state index contributed by atoms with van der Waals surface area (Å²) in [6.45, 7) is 1.82. The highest BCUT2D eigenvalue weighted by molar-refractivity contribution is 6.32. The van der Waals surface area contributed by atoms with E-state index < -0.39 is 0 Å². The Morgan fingerprint density at radius 3 is 2.56 bits per heavy atom. The standard InChI is InChI=1S/C19H15ClN4O/c1-12-22-18-15(11-21-24(18)2)19(23-12)25-17-9-8-14(10-16(17)20)13-6-4-3-5-7-13/h3-11H,1-2H3. The molecule has 0 atom stereocenters. The maximum absolute atomic E-state index is 6.44. The topological polar surface area (TPSA) is 52.8 Å². The van der Waals surface area contributed by atoms with Crippen molar-refractivity contribution < 1.29 is 4.74 Å². The Hall–Kier alpha value is -2.92. The van der Waals surface area contributed by atoms with Gasteiger partial charge in [-0.25, -0.2) is 4.98 Å².